The molecule has 1 atom stereocenters. The van der Waals surface area contributed by atoms with E-state index < -0.39 is 41.1 Å². The summed E-state index contributed by atoms with van der Waals surface area (Å²) in [6.07, 6.45) is -4.56. The highest BCUT2D eigenvalue weighted by molar-refractivity contribution is 7.82. The van der Waals surface area contributed by atoms with Crippen LogP contribution >= 0.6 is 0 Å². The number of hydrogen-bond acceptors (Lipinski definition) is 4. The van der Waals surface area contributed by atoms with Crippen molar-refractivity contribution in [2.24, 2.45) is 0 Å². The van der Waals surface area contributed by atoms with Crippen LogP contribution in [0.4, 0.5) is 23.2 Å². The monoisotopic (exact) mass is 446 g/mol. The molecule has 0 aromatic heterocycles. The Morgan fingerprint density at radius 1 is 1.07 bits per heavy atom. The van der Waals surface area contributed by atoms with Crippen LogP contribution in [0, 0.1) is 5.82 Å². The summed E-state index contributed by atoms with van der Waals surface area (Å²) in [5.41, 5.74) is -0.754. The van der Waals surface area contributed by atoms with E-state index in [1.165, 1.54) is 24.3 Å². The molecular weight excluding hydrogens is 428 g/mol. The third-order valence-electron chi connectivity index (χ3n) is 4.47. The predicted octanol–water partition coefficient (Wildman–Crippen LogP) is 3.15. The van der Waals surface area contributed by atoms with Gasteiger partial charge in [0.05, 0.1) is 16.1 Å². The molecule has 1 fully saturated rings. The molecule has 1 unspecified atom stereocenters. The molecule has 0 bridgehead atoms. The molecular formula is C19H18F4N2O4S. The summed E-state index contributed by atoms with van der Waals surface area (Å²) < 4.78 is 71.9. The first-order valence-electron chi connectivity index (χ1n) is 8.88. The van der Waals surface area contributed by atoms with E-state index in [0.29, 0.717) is 4.90 Å². The number of carboxylic acids is 1. The van der Waals surface area contributed by atoms with E-state index in [-0.39, 0.29) is 37.6 Å². The predicted molar refractivity (Wildman–Crippen MR) is 101 cm³/mol. The smallest absolute Gasteiger partial charge is 0.416 e. The number of aliphatic carboxylic acids is 1. The van der Waals surface area contributed by atoms with Crippen LogP contribution in [0.1, 0.15) is 5.56 Å². The lowest BCUT2D eigenvalue weighted by Gasteiger charge is -2.36. The van der Waals surface area contributed by atoms with Gasteiger partial charge in [-0.2, -0.15) is 13.2 Å². The fourth-order valence-electron chi connectivity index (χ4n) is 3.00. The summed E-state index contributed by atoms with van der Waals surface area (Å²) in [4.78, 5) is 12.8. The Balaban J connectivity index is 1.76. The quantitative estimate of drug-likeness (QED) is 0.691. The minimum Gasteiger partial charge on any atom is -0.480 e. The Hall–Kier alpha value is -2.66. The third-order valence-corrected chi connectivity index (χ3v) is 5.98. The van der Waals surface area contributed by atoms with E-state index in [9.17, 15) is 26.6 Å². The van der Waals surface area contributed by atoms with Gasteiger partial charge in [0.25, 0.3) is 0 Å². The highest BCUT2D eigenvalue weighted by atomic mass is 32.2. The Morgan fingerprint density at radius 2 is 1.70 bits per heavy atom. The van der Waals surface area contributed by atoms with Gasteiger partial charge >= 0.3 is 12.1 Å². The third kappa shape index (κ3) is 5.28. The van der Waals surface area contributed by atoms with Gasteiger partial charge in [-0.25, -0.2) is 17.7 Å². The van der Waals surface area contributed by atoms with Crippen molar-refractivity contribution in [2.75, 3.05) is 37.7 Å². The SMILES string of the molecule is O=C(O)COc1ccc(C(F)(F)F)cc1N1CCN(S(=O)c2ccc(F)cc2)CC1. The van der Waals surface area contributed by atoms with Crippen molar-refractivity contribution >= 4 is 22.6 Å². The van der Waals surface area contributed by atoms with E-state index in [1.807, 2.05) is 0 Å². The average Bonchev–Trinajstić information content (AvgIpc) is 2.71. The Labute approximate surface area is 172 Å². The van der Waals surface area contributed by atoms with Crippen LogP contribution in [0.3, 0.4) is 0 Å². The summed E-state index contributed by atoms with van der Waals surface area (Å²) in [5.74, 6) is -1.67. The number of rotatable bonds is 6. The molecule has 2 aromatic rings. The molecule has 1 heterocycles. The summed E-state index contributed by atoms with van der Waals surface area (Å²) in [7, 11) is -1.53. The number of benzene rings is 2. The van der Waals surface area contributed by atoms with E-state index in [1.54, 1.807) is 9.21 Å². The maximum atomic E-state index is 13.1. The van der Waals surface area contributed by atoms with Crippen LogP contribution in [-0.2, 0) is 22.0 Å². The second kappa shape index (κ2) is 9.00. The topological polar surface area (TPSA) is 70.1 Å². The molecule has 162 valence electrons. The molecule has 30 heavy (non-hydrogen) atoms. The molecule has 1 N–H and O–H groups in total. The molecule has 3 rings (SSSR count). The molecule has 0 saturated carbocycles. The highest BCUT2D eigenvalue weighted by Gasteiger charge is 2.33. The molecule has 0 spiro atoms. The first kappa shape index (κ1) is 22.0. The molecule has 6 nitrogen and oxygen atoms in total. The van der Waals surface area contributed by atoms with Crippen molar-refractivity contribution in [3.8, 4) is 5.75 Å². The van der Waals surface area contributed by atoms with Crippen LogP contribution < -0.4 is 9.64 Å². The summed E-state index contributed by atoms with van der Waals surface area (Å²) in [6.45, 7) is 0.361. The number of nitrogens with zero attached hydrogens (tertiary/aromatic N) is 2. The van der Waals surface area contributed by atoms with E-state index in [2.05, 4.69) is 0 Å². The number of hydrogen-bond donors (Lipinski definition) is 1. The Kier molecular flexibility index (Phi) is 6.61. The molecule has 1 saturated heterocycles. The van der Waals surface area contributed by atoms with Gasteiger partial charge in [0, 0.05) is 26.2 Å². The highest BCUT2D eigenvalue weighted by Crippen LogP contribution is 2.37. The molecule has 0 amide bonds. The fraction of sp³-hybridized carbons (Fsp3) is 0.316. The molecule has 0 radical (unpaired) electrons. The van der Waals surface area contributed by atoms with Crippen LogP contribution in [-0.4, -0.2) is 52.4 Å². The van der Waals surface area contributed by atoms with Crippen molar-refractivity contribution in [2.45, 2.75) is 11.1 Å². The van der Waals surface area contributed by atoms with Crippen LogP contribution in [0.2, 0.25) is 0 Å². The zero-order valence-corrected chi connectivity index (χ0v) is 16.4. The molecule has 1 aliphatic rings. The number of halogens is 4. The van der Waals surface area contributed by atoms with E-state index >= 15 is 0 Å². The van der Waals surface area contributed by atoms with Gasteiger partial charge in [0.15, 0.2) is 6.61 Å². The Bertz CT molecular complexity index is 929. The van der Waals surface area contributed by atoms with Crippen molar-refractivity contribution < 1.29 is 36.4 Å². The van der Waals surface area contributed by atoms with Gasteiger partial charge in [-0.3, -0.25) is 0 Å². The maximum Gasteiger partial charge on any atom is 0.416 e. The minimum absolute atomic E-state index is 0.0264. The number of piperazine rings is 1. The van der Waals surface area contributed by atoms with Crippen LogP contribution in [0.25, 0.3) is 0 Å². The van der Waals surface area contributed by atoms with Crippen molar-refractivity contribution in [1.82, 2.24) is 4.31 Å². The largest absolute Gasteiger partial charge is 0.480 e. The average molecular weight is 446 g/mol. The zero-order valence-electron chi connectivity index (χ0n) is 15.6. The second-order valence-corrected chi connectivity index (χ2v) is 7.97. The number of anilines is 1. The lowest BCUT2D eigenvalue weighted by atomic mass is 10.1. The fourth-order valence-corrected chi connectivity index (χ4v) is 4.16. The number of alkyl halides is 3. The normalized spacial score (nSPS) is 16.3. The zero-order chi connectivity index (χ0) is 21.9. The minimum atomic E-state index is -4.56. The number of carbonyl (C=O) groups is 1. The summed E-state index contributed by atoms with van der Waals surface area (Å²) in [6, 6.07) is 8.11. The summed E-state index contributed by atoms with van der Waals surface area (Å²) in [5, 5.41) is 8.80. The number of carboxylic acid groups (broad SMARTS) is 1. The van der Waals surface area contributed by atoms with Gasteiger partial charge in [0.1, 0.15) is 22.6 Å². The van der Waals surface area contributed by atoms with Crippen molar-refractivity contribution in [1.29, 1.82) is 0 Å². The lowest BCUT2D eigenvalue weighted by molar-refractivity contribution is -0.140. The van der Waals surface area contributed by atoms with Gasteiger partial charge in [-0.05, 0) is 42.5 Å². The molecule has 2 aromatic carbocycles. The molecule has 11 heteroatoms. The Morgan fingerprint density at radius 3 is 2.27 bits per heavy atom. The van der Waals surface area contributed by atoms with Crippen molar-refractivity contribution in [3.05, 3.63) is 53.8 Å². The lowest BCUT2D eigenvalue weighted by Crippen LogP contribution is -2.47. The molecule has 1 aliphatic heterocycles. The van der Waals surface area contributed by atoms with Crippen LogP contribution in [0.5, 0.6) is 5.75 Å². The van der Waals surface area contributed by atoms with Gasteiger partial charge in [-0.15, -0.1) is 0 Å². The van der Waals surface area contributed by atoms with Gasteiger partial charge in [0.2, 0.25) is 0 Å². The molecule has 0 aliphatic carbocycles. The summed E-state index contributed by atoms with van der Waals surface area (Å²) >= 11 is 0. The second-order valence-electron chi connectivity index (χ2n) is 6.48. The van der Waals surface area contributed by atoms with Gasteiger partial charge < -0.3 is 14.7 Å². The number of ether oxygens (including phenoxy) is 1. The van der Waals surface area contributed by atoms with E-state index in [4.69, 9.17) is 9.84 Å². The van der Waals surface area contributed by atoms with E-state index in [0.717, 1.165) is 18.2 Å². The van der Waals surface area contributed by atoms with Crippen LogP contribution in [0.15, 0.2) is 47.4 Å². The van der Waals surface area contributed by atoms with Gasteiger partial charge in [-0.1, -0.05) is 0 Å². The first-order valence-corrected chi connectivity index (χ1v) is 9.99. The van der Waals surface area contributed by atoms with Crippen molar-refractivity contribution in [3.63, 3.8) is 0 Å². The maximum absolute atomic E-state index is 13.1. The first-order chi connectivity index (χ1) is 14.1. The standard InChI is InChI=1S/C19H18F4N2O4S/c20-14-2-4-15(5-3-14)30(28)25-9-7-24(8-10-25)16-11-13(19(21,22)23)1-6-17(16)29-12-18(26)27/h1-6,11H,7-10,12H2,(H,26,27).